The van der Waals surface area contributed by atoms with Crippen LogP contribution in [-0.4, -0.2) is 43.1 Å². The fourth-order valence-corrected chi connectivity index (χ4v) is 4.73. The van der Waals surface area contributed by atoms with Gasteiger partial charge >= 0.3 is 0 Å². The molecule has 0 aliphatic rings. The Morgan fingerprint density at radius 3 is 2.64 bits per heavy atom. The van der Waals surface area contributed by atoms with E-state index in [0.29, 0.717) is 17.2 Å². The van der Waals surface area contributed by atoms with Crippen molar-refractivity contribution in [3.63, 3.8) is 0 Å². The van der Waals surface area contributed by atoms with Crippen LogP contribution in [0.2, 0.25) is 0 Å². The minimum atomic E-state index is -3.65. The van der Waals surface area contributed by atoms with Gasteiger partial charge in [-0.25, -0.2) is 8.42 Å². The molecular weight excluding hydrogens is 380 g/mol. The number of sulfonamides is 1. The van der Waals surface area contributed by atoms with E-state index in [4.69, 9.17) is 0 Å². The van der Waals surface area contributed by atoms with Crippen molar-refractivity contribution in [3.05, 3.63) is 29.8 Å². The molecule has 0 radical (unpaired) electrons. The average molecular weight is 401 g/mol. The van der Waals surface area contributed by atoms with Crippen LogP contribution in [0.5, 0.6) is 0 Å². The number of anilines is 2. The summed E-state index contributed by atoms with van der Waals surface area (Å²) in [4.78, 5) is 12.7. The van der Waals surface area contributed by atoms with Crippen LogP contribution in [0, 0.1) is 6.92 Å². The maximum atomic E-state index is 12.7. The number of hydrogen-bond acceptors (Lipinski definition) is 7. The smallest absolute Gasteiger partial charge is 0.250 e. The Labute approximate surface area is 155 Å². The summed E-state index contributed by atoms with van der Waals surface area (Å²) in [7, 11) is -3.65. The highest BCUT2D eigenvalue weighted by Gasteiger charge is 2.32. The lowest BCUT2D eigenvalue weighted by molar-refractivity contribution is -0.117. The minimum absolute atomic E-state index is 0.320. The molecule has 0 aliphatic carbocycles. The van der Waals surface area contributed by atoms with Crippen molar-refractivity contribution >= 4 is 49.8 Å². The fourth-order valence-electron chi connectivity index (χ4n) is 2.36. The molecular formula is C15H20N4O3S3. The lowest BCUT2D eigenvalue weighted by Gasteiger charge is -2.30. The molecule has 136 valence electrons. The number of amides is 1. The summed E-state index contributed by atoms with van der Waals surface area (Å²) >= 11 is 2.67. The Morgan fingerprint density at radius 2 is 2.12 bits per heavy atom. The van der Waals surface area contributed by atoms with Crippen molar-refractivity contribution in [2.24, 2.45) is 0 Å². The molecule has 1 amide bonds. The van der Waals surface area contributed by atoms with E-state index in [2.05, 4.69) is 15.5 Å². The van der Waals surface area contributed by atoms with E-state index in [1.807, 2.05) is 19.2 Å². The molecule has 2 aromatic rings. The van der Waals surface area contributed by atoms with Gasteiger partial charge in [-0.2, -0.15) is 0 Å². The van der Waals surface area contributed by atoms with Crippen LogP contribution in [0.25, 0.3) is 0 Å². The molecule has 0 aliphatic heterocycles. The maximum absolute atomic E-state index is 12.7. The lowest BCUT2D eigenvalue weighted by Crippen LogP contribution is -2.47. The molecule has 1 aromatic heterocycles. The van der Waals surface area contributed by atoms with E-state index in [1.54, 1.807) is 25.1 Å². The quantitative estimate of drug-likeness (QED) is 0.567. The van der Waals surface area contributed by atoms with Gasteiger partial charge in [0.2, 0.25) is 21.1 Å². The molecule has 2 rings (SSSR count). The number of carbonyl (C=O) groups is 1. The van der Waals surface area contributed by atoms with E-state index < -0.39 is 22.0 Å². The molecule has 10 heteroatoms. The number of benzene rings is 1. The van der Waals surface area contributed by atoms with Crippen molar-refractivity contribution in [1.82, 2.24) is 10.2 Å². The van der Waals surface area contributed by atoms with Crippen LogP contribution in [0.15, 0.2) is 28.6 Å². The molecule has 1 heterocycles. The van der Waals surface area contributed by atoms with Crippen molar-refractivity contribution in [3.8, 4) is 0 Å². The zero-order valence-corrected chi connectivity index (χ0v) is 16.8. The van der Waals surface area contributed by atoms with Crippen molar-refractivity contribution in [2.75, 3.05) is 22.1 Å². The summed E-state index contributed by atoms with van der Waals surface area (Å²) in [5, 5.41) is 10.8. The highest BCUT2D eigenvalue weighted by molar-refractivity contribution is 8.00. The van der Waals surface area contributed by atoms with Crippen LogP contribution in [0.4, 0.5) is 10.8 Å². The zero-order valence-electron chi connectivity index (χ0n) is 14.4. The zero-order chi connectivity index (χ0) is 18.6. The van der Waals surface area contributed by atoms with Gasteiger partial charge in [0.25, 0.3) is 0 Å². The van der Waals surface area contributed by atoms with Gasteiger partial charge in [0, 0.05) is 0 Å². The highest BCUT2D eigenvalue weighted by atomic mass is 32.2. The van der Waals surface area contributed by atoms with E-state index in [1.165, 1.54) is 23.1 Å². The summed E-state index contributed by atoms with van der Waals surface area (Å²) in [6.45, 7) is 3.64. The molecule has 0 spiro atoms. The second kappa shape index (κ2) is 8.15. The average Bonchev–Trinajstić information content (AvgIpc) is 2.98. The SMILES string of the molecule is CCC(C(=O)Nc1nnc(SC)s1)N(c1cccc(C)c1)S(C)(=O)=O. The monoisotopic (exact) mass is 400 g/mol. The first-order chi connectivity index (χ1) is 11.8. The number of nitrogens with zero attached hydrogens (tertiary/aromatic N) is 3. The van der Waals surface area contributed by atoms with Crippen LogP contribution >= 0.6 is 23.1 Å². The van der Waals surface area contributed by atoms with Crippen LogP contribution in [-0.2, 0) is 14.8 Å². The minimum Gasteiger partial charge on any atom is -0.299 e. The Balaban J connectivity index is 2.34. The molecule has 1 unspecified atom stereocenters. The number of thioether (sulfide) groups is 1. The number of aromatic nitrogens is 2. The number of carbonyl (C=O) groups excluding carboxylic acids is 1. The first-order valence-electron chi connectivity index (χ1n) is 7.50. The molecule has 1 N–H and O–H groups in total. The molecule has 0 bridgehead atoms. The van der Waals surface area contributed by atoms with E-state index in [9.17, 15) is 13.2 Å². The van der Waals surface area contributed by atoms with Gasteiger partial charge in [0.05, 0.1) is 11.9 Å². The summed E-state index contributed by atoms with van der Waals surface area (Å²) in [5.74, 6) is -0.432. The molecule has 0 saturated heterocycles. The molecule has 1 aromatic carbocycles. The third kappa shape index (κ3) is 4.93. The van der Waals surface area contributed by atoms with Crippen molar-refractivity contribution < 1.29 is 13.2 Å². The second-order valence-corrected chi connectivity index (χ2v) is 9.28. The van der Waals surface area contributed by atoms with Gasteiger partial charge in [0.1, 0.15) is 6.04 Å². The molecule has 25 heavy (non-hydrogen) atoms. The van der Waals surface area contributed by atoms with Crippen LogP contribution in [0.1, 0.15) is 18.9 Å². The third-order valence-electron chi connectivity index (χ3n) is 3.40. The summed E-state index contributed by atoms with van der Waals surface area (Å²) in [6.07, 6.45) is 3.28. The summed E-state index contributed by atoms with van der Waals surface area (Å²) in [5.41, 5.74) is 1.38. The van der Waals surface area contributed by atoms with Gasteiger partial charge in [-0.05, 0) is 37.3 Å². The highest BCUT2D eigenvalue weighted by Crippen LogP contribution is 2.26. The largest absolute Gasteiger partial charge is 0.299 e. The van der Waals surface area contributed by atoms with Crippen LogP contribution < -0.4 is 9.62 Å². The Morgan fingerprint density at radius 1 is 1.40 bits per heavy atom. The van der Waals surface area contributed by atoms with E-state index in [-0.39, 0.29) is 0 Å². The predicted molar refractivity (Wildman–Crippen MR) is 103 cm³/mol. The van der Waals surface area contributed by atoms with Crippen LogP contribution in [0.3, 0.4) is 0 Å². The van der Waals surface area contributed by atoms with Gasteiger partial charge in [-0.15, -0.1) is 10.2 Å². The van der Waals surface area contributed by atoms with Gasteiger partial charge in [0.15, 0.2) is 4.34 Å². The molecule has 7 nitrogen and oxygen atoms in total. The first kappa shape index (κ1) is 19.7. The van der Waals surface area contributed by atoms with Crippen molar-refractivity contribution in [1.29, 1.82) is 0 Å². The lowest BCUT2D eigenvalue weighted by atomic mass is 10.1. The first-order valence-corrected chi connectivity index (χ1v) is 11.4. The van der Waals surface area contributed by atoms with E-state index >= 15 is 0 Å². The summed E-state index contributed by atoms with van der Waals surface area (Å²) < 4.78 is 26.6. The maximum Gasteiger partial charge on any atom is 0.250 e. The Hall–Kier alpha value is -1.65. The predicted octanol–water partition coefficient (Wildman–Crippen LogP) is 2.75. The molecule has 1 atom stereocenters. The normalized spacial score (nSPS) is 12.6. The molecule has 0 saturated carbocycles. The molecule has 0 fully saturated rings. The van der Waals surface area contributed by atoms with E-state index in [0.717, 1.165) is 20.5 Å². The number of aryl methyl sites for hydroxylation is 1. The topological polar surface area (TPSA) is 92.3 Å². The number of rotatable bonds is 7. The number of nitrogens with one attached hydrogen (secondary N) is 1. The van der Waals surface area contributed by atoms with Gasteiger partial charge in [-0.3, -0.25) is 14.4 Å². The summed E-state index contributed by atoms with van der Waals surface area (Å²) in [6, 6.07) is 6.19. The standard InChI is InChI=1S/C15H20N4O3S3/c1-5-12(13(20)16-14-17-18-15(23-3)24-14)19(25(4,21)22)11-8-6-7-10(2)9-11/h6-9,12H,5H2,1-4H3,(H,16,17,20). The van der Waals surface area contributed by atoms with Crippen molar-refractivity contribution in [2.45, 2.75) is 30.6 Å². The Kier molecular flexibility index (Phi) is 6.42. The second-order valence-electron chi connectivity index (χ2n) is 5.39. The number of hydrogen-bond donors (Lipinski definition) is 1. The van der Waals surface area contributed by atoms with Gasteiger partial charge in [-0.1, -0.05) is 42.2 Å². The van der Waals surface area contributed by atoms with Gasteiger partial charge < -0.3 is 0 Å². The third-order valence-corrected chi connectivity index (χ3v) is 6.39. The fraction of sp³-hybridized carbons (Fsp3) is 0.400. The Bertz CT molecular complexity index is 851.